The predicted molar refractivity (Wildman–Crippen MR) is 104 cm³/mol. The lowest BCUT2D eigenvalue weighted by atomic mass is 10.0. The summed E-state index contributed by atoms with van der Waals surface area (Å²) in [4.78, 5) is 9.00. The maximum atomic E-state index is 4.50. The fraction of sp³-hybridized carbons (Fsp3) is 0.421. The first kappa shape index (κ1) is 16.0. The Labute approximate surface area is 157 Å². The Morgan fingerprint density at radius 3 is 2.58 bits per heavy atom. The number of imidazole rings is 1. The van der Waals surface area contributed by atoms with Crippen LogP contribution in [0, 0.1) is 18.8 Å². The molecule has 7 heteroatoms. The van der Waals surface area contributed by atoms with Gasteiger partial charge in [-0.25, -0.2) is 4.98 Å². The molecule has 0 unspecified atom stereocenters. The SMILES string of the molecule is Cc1cc(-n2ccnc2)ccc1-c1nnc(N2C[C@H]3CN(C)C[C@H]3C2)s1. The maximum absolute atomic E-state index is 4.50. The molecule has 0 radical (unpaired) electrons. The van der Waals surface area contributed by atoms with E-state index in [4.69, 9.17) is 0 Å². The van der Waals surface area contributed by atoms with Gasteiger partial charge >= 0.3 is 0 Å². The summed E-state index contributed by atoms with van der Waals surface area (Å²) < 4.78 is 2.02. The molecule has 4 heterocycles. The largest absolute Gasteiger partial charge is 0.346 e. The Kier molecular flexibility index (Phi) is 3.79. The van der Waals surface area contributed by atoms with Crippen LogP contribution in [0.1, 0.15) is 5.56 Å². The first-order valence-electron chi connectivity index (χ1n) is 9.04. The standard InChI is InChI=1S/C19H22N6S/c1-13-7-16(24-6-5-20-12-24)3-4-17(13)18-21-22-19(26-18)25-10-14-8-23(2)9-15(14)11-25/h3-7,12,14-15H,8-11H2,1-2H3/t14-,15+. The Morgan fingerprint density at radius 2 is 1.88 bits per heavy atom. The Balaban J connectivity index is 1.37. The van der Waals surface area contributed by atoms with Crippen molar-refractivity contribution in [2.75, 3.05) is 38.1 Å². The van der Waals surface area contributed by atoms with Gasteiger partial charge in [0.2, 0.25) is 5.13 Å². The summed E-state index contributed by atoms with van der Waals surface area (Å²) in [6.45, 7) is 6.78. The smallest absolute Gasteiger partial charge is 0.208 e. The third kappa shape index (κ3) is 2.71. The van der Waals surface area contributed by atoms with Gasteiger partial charge in [-0.15, -0.1) is 10.2 Å². The van der Waals surface area contributed by atoms with Gasteiger partial charge in [-0.2, -0.15) is 0 Å². The number of hydrogen-bond acceptors (Lipinski definition) is 6. The van der Waals surface area contributed by atoms with Crippen molar-refractivity contribution in [1.82, 2.24) is 24.6 Å². The van der Waals surface area contributed by atoms with Crippen LogP contribution in [0.25, 0.3) is 16.3 Å². The van der Waals surface area contributed by atoms with E-state index in [0.29, 0.717) is 0 Å². The number of fused-ring (bicyclic) bond motifs is 1. The van der Waals surface area contributed by atoms with Crippen molar-refractivity contribution >= 4 is 16.5 Å². The summed E-state index contributed by atoms with van der Waals surface area (Å²) in [6, 6.07) is 6.43. The number of nitrogens with zero attached hydrogens (tertiary/aromatic N) is 6. The maximum Gasteiger partial charge on any atom is 0.208 e. The highest BCUT2D eigenvalue weighted by atomic mass is 32.1. The molecule has 0 bridgehead atoms. The van der Waals surface area contributed by atoms with Crippen molar-refractivity contribution < 1.29 is 0 Å². The van der Waals surface area contributed by atoms with Gasteiger partial charge in [-0.3, -0.25) is 0 Å². The lowest BCUT2D eigenvalue weighted by Gasteiger charge is -2.17. The zero-order chi connectivity index (χ0) is 17.7. The lowest BCUT2D eigenvalue weighted by Crippen LogP contribution is -2.26. The number of anilines is 1. The van der Waals surface area contributed by atoms with Gasteiger partial charge in [0.05, 0.1) is 6.33 Å². The van der Waals surface area contributed by atoms with Crippen molar-refractivity contribution in [2.24, 2.45) is 11.8 Å². The van der Waals surface area contributed by atoms with E-state index in [9.17, 15) is 0 Å². The molecule has 1 aromatic carbocycles. The van der Waals surface area contributed by atoms with Crippen LogP contribution in [-0.2, 0) is 0 Å². The average molecular weight is 366 g/mol. The summed E-state index contributed by atoms with van der Waals surface area (Å²) in [5, 5.41) is 11.1. The molecular formula is C19H22N6S. The number of benzene rings is 1. The molecule has 0 amide bonds. The molecule has 2 aliphatic heterocycles. The van der Waals surface area contributed by atoms with Crippen LogP contribution in [0.2, 0.25) is 0 Å². The molecule has 2 aliphatic rings. The third-order valence-electron chi connectivity index (χ3n) is 5.60. The van der Waals surface area contributed by atoms with Gasteiger partial charge in [-0.05, 0) is 49.6 Å². The molecule has 6 nitrogen and oxygen atoms in total. The average Bonchev–Trinajstić information content (AvgIpc) is 3.38. The number of hydrogen-bond donors (Lipinski definition) is 0. The van der Waals surface area contributed by atoms with Crippen LogP contribution in [0.15, 0.2) is 36.9 Å². The van der Waals surface area contributed by atoms with E-state index in [2.05, 4.69) is 57.2 Å². The molecule has 26 heavy (non-hydrogen) atoms. The highest BCUT2D eigenvalue weighted by Crippen LogP contribution is 2.37. The van der Waals surface area contributed by atoms with E-state index in [1.54, 1.807) is 17.5 Å². The van der Waals surface area contributed by atoms with Crippen LogP contribution in [0.5, 0.6) is 0 Å². The van der Waals surface area contributed by atoms with Crippen LogP contribution in [0.4, 0.5) is 5.13 Å². The minimum Gasteiger partial charge on any atom is -0.346 e. The van der Waals surface area contributed by atoms with Crippen molar-refractivity contribution in [2.45, 2.75) is 6.92 Å². The van der Waals surface area contributed by atoms with Crippen molar-refractivity contribution in [3.8, 4) is 16.3 Å². The van der Waals surface area contributed by atoms with Crippen molar-refractivity contribution in [3.63, 3.8) is 0 Å². The molecule has 0 N–H and O–H groups in total. The number of aryl methyl sites for hydroxylation is 1. The van der Waals surface area contributed by atoms with E-state index >= 15 is 0 Å². The first-order valence-corrected chi connectivity index (χ1v) is 9.85. The van der Waals surface area contributed by atoms with Gasteiger partial charge in [0.1, 0.15) is 5.01 Å². The summed E-state index contributed by atoms with van der Waals surface area (Å²) >= 11 is 1.71. The number of aromatic nitrogens is 4. The Hall–Kier alpha value is -2.25. The second-order valence-corrected chi connectivity index (χ2v) is 8.46. The normalized spacial score (nSPS) is 22.9. The first-order chi connectivity index (χ1) is 12.7. The lowest BCUT2D eigenvalue weighted by molar-refractivity contribution is 0.387. The highest BCUT2D eigenvalue weighted by molar-refractivity contribution is 7.18. The molecule has 2 fully saturated rings. The summed E-state index contributed by atoms with van der Waals surface area (Å²) in [7, 11) is 2.22. The topological polar surface area (TPSA) is 50.1 Å². The van der Waals surface area contributed by atoms with E-state index in [1.807, 2.05) is 17.1 Å². The summed E-state index contributed by atoms with van der Waals surface area (Å²) in [5.74, 6) is 1.56. The number of rotatable bonds is 3. The molecule has 5 rings (SSSR count). The van der Waals surface area contributed by atoms with E-state index in [0.717, 1.165) is 46.3 Å². The molecule has 2 saturated heterocycles. The molecule has 0 aliphatic carbocycles. The van der Waals surface area contributed by atoms with Gasteiger partial charge in [0, 0.05) is 49.8 Å². The van der Waals surface area contributed by atoms with Gasteiger partial charge in [-0.1, -0.05) is 11.3 Å². The molecular weight excluding hydrogens is 344 g/mol. The molecule has 0 saturated carbocycles. The summed E-state index contributed by atoms with van der Waals surface area (Å²) in [6.07, 6.45) is 5.57. The minimum absolute atomic E-state index is 0.781. The second-order valence-electron chi connectivity index (χ2n) is 7.51. The van der Waals surface area contributed by atoms with Crippen molar-refractivity contribution in [3.05, 3.63) is 42.5 Å². The fourth-order valence-corrected chi connectivity index (χ4v) is 5.25. The van der Waals surface area contributed by atoms with E-state index in [-0.39, 0.29) is 0 Å². The van der Waals surface area contributed by atoms with E-state index in [1.165, 1.54) is 18.7 Å². The van der Waals surface area contributed by atoms with Crippen molar-refractivity contribution in [1.29, 1.82) is 0 Å². The monoisotopic (exact) mass is 366 g/mol. The van der Waals surface area contributed by atoms with Crippen LogP contribution in [0.3, 0.4) is 0 Å². The molecule has 134 valence electrons. The zero-order valence-electron chi connectivity index (χ0n) is 15.0. The van der Waals surface area contributed by atoms with Crippen LogP contribution in [-0.4, -0.2) is 57.9 Å². The van der Waals surface area contributed by atoms with E-state index < -0.39 is 0 Å². The molecule has 2 aromatic heterocycles. The van der Waals surface area contributed by atoms with Gasteiger partial charge < -0.3 is 14.4 Å². The quantitative estimate of drug-likeness (QED) is 0.713. The highest BCUT2D eigenvalue weighted by Gasteiger charge is 2.39. The molecule has 0 spiro atoms. The van der Waals surface area contributed by atoms with Crippen LogP contribution >= 0.6 is 11.3 Å². The minimum atomic E-state index is 0.781. The molecule has 3 aromatic rings. The van der Waals surface area contributed by atoms with Gasteiger partial charge in [0.25, 0.3) is 0 Å². The third-order valence-corrected chi connectivity index (χ3v) is 6.61. The summed E-state index contributed by atoms with van der Waals surface area (Å²) in [5.41, 5.74) is 3.49. The zero-order valence-corrected chi connectivity index (χ0v) is 15.9. The van der Waals surface area contributed by atoms with Crippen LogP contribution < -0.4 is 4.90 Å². The molecule has 2 atom stereocenters. The Bertz CT molecular complexity index is 904. The Morgan fingerprint density at radius 1 is 1.08 bits per heavy atom. The number of likely N-dealkylation sites (tertiary alicyclic amines) is 1. The fourth-order valence-electron chi connectivity index (χ4n) is 4.30. The second kappa shape index (κ2) is 6.17. The van der Waals surface area contributed by atoms with Gasteiger partial charge in [0.15, 0.2) is 0 Å². The predicted octanol–water partition coefficient (Wildman–Crippen LogP) is 2.70.